The highest BCUT2D eigenvalue weighted by Gasteiger charge is 2.17. The number of hydrogen-bond acceptors (Lipinski definition) is 3. The number of methoxy groups -OCH3 is 1. The highest BCUT2D eigenvalue weighted by Crippen LogP contribution is 2.25. The summed E-state index contributed by atoms with van der Waals surface area (Å²) in [5.74, 6) is 0.925. The van der Waals surface area contributed by atoms with Crippen LogP contribution in [0.1, 0.15) is 24.8 Å². The van der Waals surface area contributed by atoms with E-state index < -0.39 is 0 Å². The molecule has 0 spiro atoms. The van der Waals surface area contributed by atoms with E-state index in [-0.39, 0.29) is 12.4 Å². The van der Waals surface area contributed by atoms with Crippen molar-refractivity contribution in [2.75, 3.05) is 27.2 Å². The van der Waals surface area contributed by atoms with E-state index in [2.05, 4.69) is 45.3 Å². The van der Waals surface area contributed by atoms with Gasteiger partial charge in [-0.25, -0.2) is 0 Å². The van der Waals surface area contributed by atoms with Crippen LogP contribution in [0.5, 0.6) is 5.75 Å². The Kier molecular flexibility index (Phi) is 7.88. The highest BCUT2D eigenvalue weighted by molar-refractivity contribution is 9.10. The SMILES string of the molecule is COc1ccc(Br)c(CN(C)C2CCCNCC2)c1.Cl. The molecule has 1 heterocycles. The molecule has 1 aliphatic heterocycles. The Hall–Kier alpha value is -0.290. The lowest BCUT2D eigenvalue weighted by Gasteiger charge is -2.27. The molecule has 1 fully saturated rings. The Labute approximate surface area is 136 Å². The van der Waals surface area contributed by atoms with Crippen LogP contribution in [0.3, 0.4) is 0 Å². The van der Waals surface area contributed by atoms with Crippen molar-refractivity contribution >= 4 is 28.3 Å². The fraction of sp³-hybridized carbons (Fsp3) is 0.600. The van der Waals surface area contributed by atoms with Crippen LogP contribution in [0.2, 0.25) is 0 Å². The van der Waals surface area contributed by atoms with Crippen molar-refractivity contribution in [2.45, 2.75) is 31.8 Å². The normalized spacial score (nSPS) is 19.3. The third-order valence-corrected chi connectivity index (χ3v) is 4.61. The smallest absolute Gasteiger partial charge is 0.119 e. The summed E-state index contributed by atoms with van der Waals surface area (Å²) in [6.45, 7) is 3.25. The second kappa shape index (κ2) is 8.88. The van der Waals surface area contributed by atoms with Gasteiger partial charge in [0, 0.05) is 17.1 Å². The van der Waals surface area contributed by atoms with Crippen molar-refractivity contribution in [1.29, 1.82) is 0 Å². The van der Waals surface area contributed by atoms with Gasteiger partial charge in [-0.05, 0) is 63.2 Å². The van der Waals surface area contributed by atoms with E-state index in [9.17, 15) is 0 Å². The Morgan fingerprint density at radius 1 is 1.35 bits per heavy atom. The van der Waals surface area contributed by atoms with Gasteiger partial charge in [0.25, 0.3) is 0 Å². The molecule has 0 amide bonds. The van der Waals surface area contributed by atoms with E-state index in [4.69, 9.17) is 4.74 Å². The van der Waals surface area contributed by atoms with E-state index in [1.54, 1.807) is 7.11 Å². The van der Waals surface area contributed by atoms with Gasteiger partial charge in [-0.3, -0.25) is 4.90 Å². The Morgan fingerprint density at radius 2 is 2.15 bits per heavy atom. The minimum Gasteiger partial charge on any atom is -0.497 e. The fourth-order valence-electron chi connectivity index (χ4n) is 2.64. The summed E-state index contributed by atoms with van der Waals surface area (Å²) in [6, 6.07) is 6.85. The van der Waals surface area contributed by atoms with Gasteiger partial charge in [0.05, 0.1) is 7.11 Å². The van der Waals surface area contributed by atoms with Gasteiger partial charge in [-0.2, -0.15) is 0 Å². The van der Waals surface area contributed by atoms with E-state index in [0.717, 1.165) is 29.9 Å². The monoisotopic (exact) mass is 362 g/mol. The van der Waals surface area contributed by atoms with Crippen LogP contribution >= 0.6 is 28.3 Å². The van der Waals surface area contributed by atoms with Gasteiger partial charge in [0.1, 0.15) is 5.75 Å². The topological polar surface area (TPSA) is 24.5 Å². The number of ether oxygens (including phenoxy) is 1. The second-order valence-corrected chi connectivity index (χ2v) is 6.06. The molecule has 2 rings (SSSR count). The minimum absolute atomic E-state index is 0. The predicted molar refractivity (Wildman–Crippen MR) is 89.9 cm³/mol. The van der Waals surface area contributed by atoms with Crippen LogP contribution in [-0.2, 0) is 6.54 Å². The maximum Gasteiger partial charge on any atom is 0.119 e. The van der Waals surface area contributed by atoms with Crippen LogP contribution in [0.4, 0.5) is 0 Å². The van der Waals surface area contributed by atoms with Gasteiger partial charge >= 0.3 is 0 Å². The van der Waals surface area contributed by atoms with Crippen molar-refractivity contribution in [3.8, 4) is 5.75 Å². The highest BCUT2D eigenvalue weighted by atomic mass is 79.9. The zero-order valence-electron chi connectivity index (χ0n) is 12.2. The van der Waals surface area contributed by atoms with Crippen molar-refractivity contribution in [2.24, 2.45) is 0 Å². The number of rotatable bonds is 4. The first-order chi connectivity index (χ1) is 9.20. The molecule has 20 heavy (non-hydrogen) atoms. The zero-order valence-corrected chi connectivity index (χ0v) is 14.6. The molecule has 1 aromatic carbocycles. The summed E-state index contributed by atoms with van der Waals surface area (Å²) >= 11 is 3.63. The van der Waals surface area contributed by atoms with Crippen molar-refractivity contribution < 1.29 is 4.74 Å². The largest absolute Gasteiger partial charge is 0.497 e. The second-order valence-electron chi connectivity index (χ2n) is 5.21. The number of nitrogens with one attached hydrogen (secondary N) is 1. The molecule has 0 aliphatic carbocycles. The quantitative estimate of drug-likeness (QED) is 0.886. The number of hydrogen-bond donors (Lipinski definition) is 1. The fourth-order valence-corrected chi connectivity index (χ4v) is 3.01. The van der Waals surface area contributed by atoms with E-state index >= 15 is 0 Å². The lowest BCUT2D eigenvalue weighted by molar-refractivity contribution is 0.216. The van der Waals surface area contributed by atoms with Gasteiger partial charge in [-0.1, -0.05) is 15.9 Å². The zero-order chi connectivity index (χ0) is 13.7. The average molecular weight is 364 g/mol. The van der Waals surface area contributed by atoms with Gasteiger partial charge in [-0.15, -0.1) is 12.4 Å². The molecule has 1 aromatic rings. The first kappa shape index (κ1) is 17.8. The molecule has 0 bridgehead atoms. The Morgan fingerprint density at radius 3 is 2.90 bits per heavy atom. The van der Waals surface area contributed by atoms with Gasteiger partial charge in [0.2, 0.25) is 0 Å². The summed E-state index contributed by atoms with van der Waals surface area (Å²) in [7, 11) is 3.94. The molecular weight excluding hydrogens is 340 g/mol. The standard InChI is InChI=1S/C15H23BrN2O.ClH/c1-18(13-4-3-8-17-9-7-13)11-12-10-14(19-2)5-6-15(12)16;/h5-6,10,13,17H,3-4,7-9,11H2,1-2H3;1H. The summed E-state index contributed by atoms with van der Waals surface area (Å²) in [6.07, 6.45) is 3.79. The number of halogens is 2. The maximum atomic E-state index is 5.31. The molecule has 0 radical (unpaired) electrons. The Balaban J connectivity index is 0.00000200. The van der Waals surface area contributed by atoms with E-state index in [1.165, 1.54) is 24.8 Å². The number of nitrogens with zero attached hydrogens (tertiary/aromatic N) is 1. The predicted octanol–water partition coefficient (Wildman–Crippen LogP) is 3.45. The molecule has 1 saturated heterocycles. The lowest BCUT2D eigenvalue weighted by Crippen LogP contribution is -2.32. The molecule has 1 aliphatic rings. The van der Waals surface area contributed by atoms with Crippen LogP contribution in [0.25, 0.3) is 0 Å². The van der Waals surface area contributed by atoms with Crippen LogP contribution in [0, 0.1) is 0 Å². The summed E-state index contributed by atoms with van der Waals surface area (Å²) < 4.78 is 6.47. The molecule has 1 unspecified atom stereocenters. The maximum absolute atomic E-state index is 5.31. The van der Waals surface area contributed by atoms with E-state index in [0.29, 0.717) is 6.04 Å². The summed E-state index contributed by atoms with van der Waals surface area (Å²) in [4.78, 5) is 2.46. The first-order valence-electron chi connectivity index (χ1n) is 6.94. The first-order valence-corrected chi connectivity index (χ1v) is 7.73. The molecule has 5 heteroatoms. The summed E-state index contributed by atoms with van der Waals surface area (Å²) in [5, 5.41) is 3.47. The third-order valence-electron chi connectivity index (χ3n) is 3.84. The average Bonchev–Trinajstić information content (AvgIpc) is 2.70. The summed E-state index contributed by atoms with van der Waals surface area (Å²) in [5.41, 5.74) is 1.29. The van der Waals surface area contributed by atoms with E-state index in [1.807, 2.05) is 6.07 Å². The van der Waals surface area contributed by atoms with Gasteiger partial charge < -0.3 is 10.1 Å². The number of benzene rings is 1. The van der Waals surface area contributed by atoms with Gasteiger partial charge in [0.15, 0.2) is 0 Å². The lowest BCUT2D eigenvalue weighted by atomic mass is 10.1. The van der Waals surface area contributed by atoms with Crippen LogP contribution in [-0.4, -0.2) is 38.2 Å². The van der Waals surface area contributed by atoms with Crippen molar-refractivity contribution in [1.82, 2.24) is 10.2 Å². The third kappa shape index (κ3) is 4.92. The molecule has 3 nitrogen and oxygen atoms in total. The van der Waals surface area contributed by atoms with Crippen molar-refractivity contribution in [3.05, 3.63) is 28.2 Å². The van der Waals surface area contributed by atoms with Crippen LogP contribution < -0.4 is 10.1 Å². The molecular formula is C15H24BrClN2O. The molecule has 0 aromatic heterocycles. The molecule has 1 N–H and O–H groups in total. The minimum atomic E-state index is 0. The molecule has 0 saturated carbocycles. The molecule has 1 atom stereocenters. The van der Waals surface area contributed by atoms with Crippen LogP contribution in [0.15, 0.2) is 22.7 Å². The molecule has 114 valence electrons. The Bertz CT molecular complexity index is 409. The van der Waals surface area contributed by atoms with Crippen molar-refractivity contribution in [3.63, 3.8) is 0 Å².